The first-order valence-corrected chi connectivity index (χ1v) is 4.40. The zero-order valence-electron chi connectivity index (χ0n) is 7.17. The maximum atomic E-state index is 11.7. The molecule has 0 spiro atoms. The molecule has 0 aromatic carbocycles. The van der Waals surface area contributed by atoms with Crippen molar-refractivity contribution in [2.24, 2.45) is 11.3 Å². The molecule has 2 nitrogen and oxygen atoms in total. The van der Waals surface area contributed by atoms with Gasteiger partial charge in [-0.25, -0.2) is 0 Å². The number of ketones is 2. The normalized spacial score (nSPS) is 40.2. The van der Waals surface area contributed by atoms with Crippen molar-refractivity contribution in [1.29, 1.82) is 0 Å². The van der Waals surface area contributed by atoms with Crippen LogP contribution >= 0.6 is 0 Å². The van der Waals surface area contributed by atoms with Crippen LogP contribution in [-0.4, -0.2) is 11.6 Å². The Labute approximate surface area is 71.6 Å². The van der Waals surface area contributed by atoms with E-state index in [1.54, 1.807) is 13.0 Å². The molecule has 1 fully saturated rings. The molecule has 1 saturated carbocycles. The molecule has 0 saturated heterocycles. The van der Waals surface area contributed by atoms with Crippen LogP contribution in [0.4, 0.5) is 0 Å². The van der Waals surface area contributed by atoms with Crippen LogP contribution in [0.15, 0.2) is 12.2 Å². The average Bonchev–Trinajstić information content (AvgIpc) is 2.21. The fourth-order valence-corrected chi connectivity index (χ4v) is 2.11. The summed E-state index contributed by atoms with van der Waals surface area (Å²) in [7, 11) is 0. The predicted molar refractivity (Wildman–Crippen MR) is 44.6 cm³/mol. The molecule has 2 heteroatoms. The number of allylic oxidation sites excluding steroid dienone is 2. The Bertz CT molecular complexity index is 278. The quantitative estimate of drug-likeness (QED) is 0.401. The van der Waals surface area contributed by atoms with Crippen LogP contribution in [0.3, 0.4) is 0 Å². The molecule has 0 radical (unpaired) electrons. The lowest BCUT2D eigenvalue weighted by Gasteiger charge is -2.13. The summed E-state index contributed by atoms with van der Waals surface area (Å²) in [6.45, 7) is 1.75. The largest absolute Gasteiger partial charge is 0.298 e. The smallest absolute Gasteiger partial charge is 0.153 e. The molecular formula is C10H12O2. The molecule has 2 aliphatic rings. The molecule has 2 rings (SSSR count). The van der Waals surface area contributed by atoms with Crippen molar-refractivity contribution < 1.29 is 9.59 Å². The van der Waals surface area contributed by atoms with Crippen LogP contribution in [-0.2, 0) is 9.59 Å². The maximum Gasteiger partial charge on any atom is 0.153 e. The van der Waals surface area contributed by atoms with E-state index in [1.165, 1.54) is 0 Å². The Morgan fingerprint density at radius 1 is 1.50 bits per heavy atom. The van der Waals surface area contributed by atoms with Gasteiger partial charge in [-0.05, 0) is 19.8 Å². The van der Waals surface area contributed by atoms with Gasteiger partial charge in [0.05, 0.1) is 0 Å². The first-order valence-electron chi connectivity index (χ1n) is 4.40. The van der Waals surface area contributed by atoms with Crippen LogP contribution in [0.2, 0.25) is 0 Å². The lowest BCUT2D eigenvalue weighted by atomic mass is 9.86. The fourth-order valence-electron chi connectivity index (χ4n) is 2.11. The summed E-state index contributed by atoms with van der Waals surface area (Å²) in [5.41, 5.74) is -0.763. The molecular weight excluding hydrogens is 152 g/mol. The predicted octanol–water partition coefficient (Wildman–Crippen LogP) is 1.50. The number of fused-ring (bicyclic) bond motifs is 2. The van der Waals surface area contributed by atoms with Gasteiger partial charge in [0.2, 0.25) is 0 Å². The van der Waals surface area contributed by atoms with E-state index in [2.05, 4.69) is 0 Å². The van der Waals surface area contributed by atoms with Crippen molar-refractivity contribution in [3.63, 3.8) is 0 Å². The minimum Gasteiger partial charge on any atom is -0.298 e. The van der Waals surface area contributed by atoms with Crippen LogP contribution in [0, 0.1) is 11.3 Å². The fraction of sp³-hybridized carbons (Fsp3) is 0.600. The Kier molecular flexibility index (Phi) is 1.47. The average molecular weight is 164 g/mol. The molecule has 2 aliphatic carbocycles. The van der Waals surface area contributed by atoms with E-state index >= 15 is 0 Å². The Morgan fingerprint density at radius 2 is 2.25 bits per heavy atom. The van der Waals surface area contributed by atoms with E-state index in [-0.39, 0.29) is 17.5 Å². The molecule has 0 aliphatic heterocycles. The molecule has 0 heterocycles. The zero-order valence-corrected chi connectivity index (χ0v) is 7.17. The third kappa shape index (κ3) is 0.808. The van der Waals surface area contributed by atoms with Crippen molar-refractivity contribution in [1.82, 2.24) is 0 Å². The Hall–Kier alpha value is -0.920. The van der Waals surface area contributed by atoms with Crippen molar-refractivity contribution in [2.75, 3.05) is 0 Å². The van der Waals surface area contributed by atoms with Gasteiger partial charge in [-0.15, -0.1) is 0 Å². The van der Waals surface area contributed by atoms with Gasteiger partial charge in [0, 0.05) is 12.3 Å². The van der Waals surface area contributed by atoms with Gasteiger partial charge in [-0.2, -0.15) is 0 Å². The number of rotatable bonds is 0. The highest BCUT2D eigenvalue weighted by Crippen LogP contribution is 2.40. The summed E-state index contributed by atoms with van der Waals surface area (Å²) in [6.07, 6.45) is 6.04. The van der Waals surface area contributed by atoms with Gasteiger partial charge in [-0.1, -0.05) is 12.2 Å². The highest BCUT2D eigenvalue weighted by Gasteiger charge is 2.49. The Balaban J connectivity index is 2.48. The second-order valence-electron chi connectivity index (χ2n) is 3.87. The van der Waals surface area contributed by atoms with Gasteiger partial charge in [-0.3, -0.25) is 9.59 Å². The van der Waals surface area contributed by atoms with E-state index in [1.807, 2.05) is 6.08 Å². The van der Waals surface area contributed by atoms with Gasteiger partial charge in [0.25, 0.3) is 0 Å². The minimum atomic E-state index is -0.763. The van der Waals surface area contributed by atoms with E-state index < -0.39 is 5.41 Å². The van der Waals surface area contributed by atoms with E-state index in [9.17, 15) is 9.59 Å². The van der Waals surface area contributed by atoms with Gasteiger partial charge >= 0.3 is 0 Å². The van der Waals surface area contributed by atoms with Crippen LogP contribution in [0.1, 0.15) is 26.2 Å². The number of Topliss-reactive ketones (excluding diaryl/α,β-unsaturated/α-hetero) is 2. The maximum absolute atomic E-state index is 11.7. The van der Waals surface area contributed by atoms with Crippen molar-refractivity contribution in [3.05, 3.63) is 12.2 Å². The van der Waals surface area contributed by atoms with E-state index in [4.69, 9.17) is 0 Å². The summed E-state index contributed by atoms with van der Waals surface area (Å²) in [6, 6.07) is 0. The SMILES string of the molecule is CC12C=CCCC(CC1=O)C2=O. The zero-order chi connectivity index (χ0) is 8.77. The summed E-state index contributed by atoms with van der Waals surface area (Å²) in [4.78, 5) is 23.1. The second kappa shape index (κ2) is 2.28. The van der Waals surface area contributed by atoms with Crippen molar-refractivity contribution in [2.45, 2.75) is 26.2 Å². The molecule has 2 atom stereocenters. The topological polar surface area (TPSA) is 34.1 Å². The molecule has 0 N–H and O–H groups in total. The standard InChI is InChI=1S/C10H12O2/c1-10-5-3-2-4-7(9(10)12)6-8(10)11/h3,5,7H,2,4,6H2,1H3. The monoisotopic (exact) mass is 164 g/mol. The highest BCUT2D eigenvalue weighted by molar-refractivity contribution is 6.15. The first-order chi connectivity index (χ1) is 5.64. The van der Waals surface area contributed by atoms with E-state index in [0.717, 1.165) is 12.8 Å². The molecule has 2 unspecified atom stereocenters. The molecule has 0 aromatic heterocycles. The Morgan fingerprint density at radius 3 is 3.00 bits per heavy atom. The lowest BCUT2D eigenvalue weighted by Crippen LogP contribution is -2.27. The summed E-state index contributed by atoms with van der Waals surface area (Å²) in [5, 5.41) is 0. The summed E-state index contributed by atoms with van der Waals surface area (Å²) >= 11 is 0. The van der Waals surface area contributed by atoms with Gasteiger partial charge in [0.1, 0.15) is 5.41 Å². The van der Waals surface area contributed by atoms with Crippen LogP contribution < -0.4 is 0 Å². The first kappa shape index (κ1) is 7.71. The van der Waals surface area contributed by atoms with Crippen LogP contribution in [0.25, 0.3) is 0 Å². The third-order valence-corrected chi connectivity index (χ3v) is 3.03. The van der Waals surface area contributed by atoms with Gasteiger partial charge < -0.3 is 0 Å². The number of hydrogen-bond donors (Lipinski definition) is 0. The number of carbonyl (C=O) groups is 2. The summed E-state index contributed by atoms with van der Waals surface area (Å²) < 4.78 is 0. The molecule has 0 aromatic rings. The van der Waals surface area contributed by atoms with Crippen molar-refractivity contribution >= 4 is 11.6 Å². The highest BCUT2D eigenvalue weighted by atomic mass is 16.2. The molecule has 64 valence electrons. The molecule has 2 bridgehead atoms. The minimum absolute atomic E-state index is 0.0116. The van der Waals surface area contributed by atoms with Crippen LogP contribution in [0.5, 0.6) is 0 Å². The third-order valence-electron chi connectivity index (χ3n) is 3.03. The number of carbonyl (C=O) groups excluding carboxylic acids is 2. The lowest BCUT2D eigenvalue weighted by molar-refractivity contribution is -0.131. The summed E-state index contributed by atoms with van der Waals surface area (Å²) in [5.74, 6) is 0.257. The molecule has 12 heavy (non-hydrogen) atoms. The van der Waals surface area contributed by atoms with Gasteiger partial charge in [0.15, 0.2) is 11.6 Å². The second-order valence-corrected chi connectivity index (χ2v) is 3.87. The van der Waals surface area contributed by atoms with E-state index in [0.29, 0.717) is 6.42 Å². The number of hydrogen-bond acceptors (Lipinski definition) is 2. The molecule has 0 amide bonds. The van der Waals surface area contributed by atoms with Crippen molar-refractivity contribution in [3.8, 4) is 0 Å².